The predicted octanol–water partition coefficient (Wildman–Crippen LogP) is 4.81. The van der Waals surface area contributed by atoms with Gasteiger partial charge in [0.15, 0.2) is 0 Å². The second kappa shape index (κ2) is 6.30. The van der Waals surface area contributed by atoms with Crippen LogP contribution in [0.5, 0.6) is 0 Å². The van der Waals surface area contributed by atoms with E-state index in [1.54, 1.807) is 0 Å². The molecule has 0 saturated heterocycles. The lowest BCUT2D eigenvalue weighted by Gasteiger charge is -2.38. The van der Waals surface area contributed by atoms with E-state index in [2.05, 4.69) is 45.9 Å². The summed E-state index contributed by atoms with van der Waals surface area (Å²) in [7, 11) is 0. The second-order valence-corrected chi connectivity index (χ2v) is 7.36. The third-order valence-corrected chi connectivity index (χ3v) is 4.88. The summed E-state index contributed by atoms with van der Waals surface area (Å²) in [4.78, 5) is 0. The molecular formula is C19H30O. The summed E-state index contributed by atoms with van der Waals surface area (Å²) in [5.41, 5.74) is 3.53. The topological polar surface area (TPSA) is 20.2 Å². The van der Waals surface area contributed by atoms with Gasteiger partial charge in [0.05, 0.1) is 5.60 Å². The van der Waals surface area contributed by atoms with E-state index in [9.17, 15) is 5.11 Å². The molecule has 1 aliphatic carbocycles. The van der Waals surface area contributed by atoms with Crippen LogP contribution < -0.4 is 0 Å². The molecule has 0 heterocycles. The summed E-state index contributed by atoms with van der Waals surface area (Å²) in [6, 6.07) is 6.45. The number of aryl methyl sites for hydroxylation is 2. The predicted molar refractivity (Wildman–Crippen MR) is 86.0 cm³/mol. The Balaban J connectivity index is 2.10. The van der Waals surface area contributed by atoms with Crippen molar-refractivity contribution in [3.8, 4) is 0 Å². The molecule has 0 radical (unpaired) electrons. The minimum absolute atomic E-state index is 0.477. The van der Waals surface area contributed by atoms with E-state index in [1.165, 1.54) is 36.0 Å². The minimum Gasteiger partial charge on any atom is -0.390 e. The highest BCUT2D eigenvalue weighted by Gasteiger charge is 2.35. The summed E-state index contributed by atoms with van der Waals surface area (Å²) >= 11 is 0. The van der Waals surface area contributed by atoms with Crippen LogP contribution in [0.25, 0.3) is 0 Å². The molecule has 1 fully saturated rings. The van der Waals surface area contributed by atoms with Crippen LogP contribution in [0.4, 0.5) is 0 Å². The molecule has 1 nitrogen and oxygen atoms in total. The highest BCUT2D eigenvalue weighted by molar-refractivity contribution is 5.34. The summed E-state index contributed by atoms with van der Waals surface area (Å²) in [6.07, 6.45) is 6.52. The Kier molecular flexibility index (Phi) is 4.90. The van der Waals surface area contributed by atoms with Crippen molar-refractivity contribution in [2.24, 2.45) is 11.8 Å². The number of benzene rings is 1. The van der Waals surface area contributed by atoms with Crippen LogP contribution in [0, 0.1) is 25.7 Å². The van der Waals surface area contributed by atoms with Crippen LogP contribution in [0.2, 0.25) is 0 Å². The van der Waals surface area contributed by atoms with Crippen molar-refractivity contribution in [2.45, 2.75) is 71.8 Å². The van der Waals surface area contributed by atoms with Gasteiger partial charge in [0.25, 0.3) is 0 Å². The molecule has 0 aliphatic heterocycles. The summed E-state index contributed by atoms with van der Waals surface area (Å²) in [6.45, 7) is 8.92. The SMILES string of the molecule is Cc1cccc(C)c1CC1(O)CCCC(CC(C)C)C1. The number of aliphatic hydroxyl groups is 1. The lowest BCUT2D eigenvalue weighted by atomic mass is 9.72. The van der Waals surface area contributed by atoms with Crippen molar-refractivity contribution in [1.29, 1.82) is 0 Å². The number of rotatable bonds is 4. The molecule has 2 rings (SSSR count). The Hall–Kier alpha value is -0.820. The lowest BCUT2D eigenvalue weighted by Crippen LogP contribution is -2.38. The van der Waals surface area contributed by atoms with Crippen molar-refractivity contribution >= 4 is 0 Å². The van der Waals surface area contributed by atoms with Crippen LogP contribution in [0.3, 0.4) is 0 Å². The van der Waals surface area contributed by atoms with Gasteiger partial charge < -0.3 is 5.11 Å². The first-order valence-electron chi connectivity index (χ1n) is 8.17. The van der Waals surface area contributed by atoms with E-state index in [0.29, 0.717) is 5.92 Å². The molecule has 112 valence electrons. The fourth-order valence-corrected chi connectivity index (χ4v) is 3.95. The maximum Gasteiger partial charge on any atom is 0.0690 e. The highest BCUT2D eigenvalue weighted by atomic mass is 16.3. The fraction of sp³-hybridized carbons (Fsp3) is 0.684. The van der Waals surface area contributed by atoms with E-state index < -0.39 is 5.60 Å². The van der Waals surface area contributed by atoms with Gasteiger partial charge in [-0.1, -0.05) is 44.9 Å². The quantitative estimate of drug-likeness (QED) is 0.835. The van der Waals surface area contributed by atoms with Crippen molar-refractivity contribution in [1.82, 2.24) is 0 Å². The molecule has 1 saturated carbocycles. The van der Waals surface area contributed by atoms with Gasteiger partial charge in [-0.3, -0.25) is 0 Å². The van der Waals surface area contributed by atoms with Crippen molar-refractivity contribution in [3.63, 3.8) is 0 Å². The highest BCUT2D eigenvalue weighted by Crippen LogP contribution is 2.38. The molecule has 1 aromatic carbocycles. The van der Waals surface area contributed by atoms with E-state index >= 15 is 0 Å². The number of hydrogen-bond acceptors (Lipinski definition) is 1. The van der Waals surface area contributed by atoms with E-state index in [1.807, 2.05) is 0 Å². The first kappa shape index (κ1) is 15.6. The maximum atomic E-state index is 11.1. The molecule has 2 unspecified atom stereocenters. The standard InChI is InChI=1S/C19H30O/c1-14(2)11-17-9-6-10-19(20,12-17)13-18-15(3)7-5-8-16(18)4/h5,7-8,14,17,20H,6,9-13H2,1-4H3. The Labute approximate surface area is 124 Å². The van der Waals surface area contributed by atoms with Gasteiger partial charge in [-0.05, 0) is 61.6 Å². The minimum atomic E-state index is -0.477. The molecule has 1 heteroatoms. The summed E-state index contributed by atoms with van der Waals surface area (Å²) < 4.78 is 0. The first-order chi connectivity index (χ1) is 9.39. The van der Waals surface area contributed by atoms with E-state index in [0.717, 1.165) is 25.2 Å². The lowest BCUT2D eigenvalue weighted by molar-refractivity contribution is -0.0191. The Morgan fingerprint density at radius 3 is 2.50 bits per heavy atom. The second-order valence-electron chi connectivity index (χ2n) is 7.36. The number of hydrogen-bond donors (Lipinski definition) is 1. The van der Waals surface area contributed by atoms with Crippen LogP contribution >= 0.6 is 0 Å². The molecule has 0 aromatic heterocycles. The first-order valence-corrected chi connectivity index (χ1v) is 8.17. The summed E-state index contributed by atoms with van der Waals surface area (Å²) in [5, 5.41) is 11.1. The summed E-state index contributed by atoms with van der Waals surface area (Å²) in [5.74, 6) is 1.45. The van der Waals surface area contributed by atoms with Gasteiger partial charge in [0.2, 0.25) is 0 Å². The van der Waals surface area contributed by atoms with Gasteiger partial charge in [-0.15, -0.1) is 0 Å². The molecule has 1 aromatic rings. The average Bonchev–Trinajstić information content (AvgIpc) is 2.33. The zero-order chi connectivity index (χ0) is 14.8. The Morgan fingerprint density at radius 1 is 1.25 bits per heavy atom. The van der Waals surface area contributed by atoms with E-state index in [4.69, 9.17) is 0 Å². The molecular weight excluding hydrogens is 244 g/mol. The fourth-order valence-electron chi connectivity index (χ4n) is 3.95. The van der Waals surface area contributed by atoms with Crippen LogP contribution in [-0.2, 0) is 6.42 Å². The van der Waals surface area contributed by atoms with Crippen LogP contribution in [0.1, 0.15) is 62.6 Å². The van der Waals surface area contributed by atoms with Gasteiger partial charge in [0, 0.05) is 6.42 Å². The molecule has 0 bridgehead atoms. The molecule has 0 spiro atoms. The van der Waals surface area contributed by atoms with Crippen LogP contribution in [0.15, 0.2) is 18.2 Å². The molecule has 20 heavy (non-hydrogen) atoms. The third-order valence-electron chi connectivity index (χ3n) is 4.88. The normalized spacial score (nSPS) is 27.0. The van der Waals surface area contributed by atoms with Gasteiger partial charge in [0.1, 0.15) is 0 Å². The molecule has 1 aliphatic rings. The van der Waals surface area contributed by atoms with E-state index in [-0.39, 0.29) is 0 Å². The maximum absolute atomic E-state index is 11.1. The smallest absolute Gasteiger partial charge is 0.0690 e. The van der Waals surface area contributed by atoms with Crippen molar-refractivity contribution < 1.29 is 5.11 Å². The third kappa shape index (κ3) is 3.85. The van der Waals surface area contributed by atoms with Crippen molar-refractivity contribution in [2.75, 3.05) is 0 Å². The van der Waals surface area contributed by atoms with Gasteiger partial charge >= 0.3 is 0 Å². The van der Waals surface area contributed by atoms with Crippen molar-refractivity contribution in [3.05, 3.63) is 34.9 Å². The molecule has 1 N–H and O–H groups in total. The average molecular weight is 274 g/mol. The van der Waals surface area contributed by atoms with Gasteiger partial charge in [-0.2, -0.15) is 0 Å². The molecule has 2 atom stereocenters. The zero-order valence-corrected chi connectivity index (χ0v) is 13.6. The molecule has 0 amide bonds. The van der Waals surface area contributed by atoms with Crippen LogP contribution in [-0.4, -0.2) is 10.7 Å². The Morgan fingerprint density at radius 2 is 1.90 bits per heavy atom. The zero-order valence-electron chi connectivity index (χ0n) is 13.6. The Bertz CT molecular complexity index is 429. The van der Waals surface area contributed by atoms with Gasteiger partial charge in [-0.25, -0.2) is 0 Å². The monoisotopic (exact) mass is 274 g/mol. The largest absolute Gasteiger partial charge is 0.390 e.